The zero-order valence-corrected chi connectivity index (χ0v) is 17.1. The van der Waals surface area contributed by atoms with Crippen LogP contribution in [-0.4, -0.2) is 77.6 Å². The molecule has 3 amide bonds. The maximum atomic E-state index is 13.4. The summed E-state index contributed by atoms with van der Waals surface area (Å²) in [4.78, 5) is 32.5. The van der Waals surface area contributed by atoms with Gasteiger partial charge < -0.3 is 19.4 Å². The third kappa shape index (κ3) is 3.63. The van der Waals surface area contributed by atoms with Crippen molar-refractivity contribution in [2.45, 2.75) is 50.1 Å². The van der Waals surface area contributed by atoms with Crippen molar-refractivity contribution in [3.8, 4) is 0 Å². The fraction of sp³-hybridized carbons (Fsp3) is 0.652. The van der Waals surface area contributed by atoms with Crippen LogP contribution in [0.15, 0.2) is 30.3 Å². The minimum absolute atomic E-state index is 0.0689. The Labute approximate surface area is 172 Å². The lowest BCUT2D eigenvalue weighted by atomic mass is 9.86. The van der Waals surface area contributed by atoms with Crippen molar-refractivity contribution in [3.63, 3.8) is 0 Å². The standard InChI is InChI=1S/C23H31N3O3/c27-21(19-4-2-1-3-5-19)24-12-8-20(9-13-24)26-22(28)25(16-18-6-7-18)17-23(26)10-14-29-15-11-23/h1-5,18,20H,6-17H2. The number of hydrogen-bond donors (Lipinski definition) is 0. The third-order valence-corrected chi connectivity index (χ3v) is 7.21. The first kappa shape index (κ1) is 18.9. The first-order valence-corrected chi connectivity index (χ1v) is 11.2. The minimum Gasteiger partial charge on any atom is -0.381 e. The van der Waals surface area contributed by atoms with Crippen molar-refractivity contribution in [1.29, 1.82) is 0 Å². The summed E-state index contributed by atoms with van der Waals surface area (Å²) in [5.41, 5.74) is 0.681. The lowest BCUT2D eigenvalue weighted by Crippen LogP contribution is -2.57. The number of benzene rings is 1. The Balaban J connectivity index is 1.29. The van der Waals surface area contributed by atoms with Crippen molar-refractivity contribution in [1.82, 2.24) is 14.7 Å². The van der Waals surface area contributed by atoms with Crippen molar-refractivity contribution in [2.24, 2.45) is 5.92 Å². The van der Waals surface area contributed by atoms with E-state index in [0.717, 1.165) is 70.6 Å². The molecule has 1 aromatic carbocycles. The number of piperidine rings is 1. The van der Waals surface area contributed by atoms with Crippen LogP contribution in [0.1, 0.15) is 48.9 Å². The van der Waals surface area contributed by atoms with E-state index in [1.54, 1.807) is 0 Å². The minimum atomic E-state index is -0.0689. The lowest BCUT2D eigenvalue weighted by Gasteiger charge is -2.46. The summed E-state index contributed by atoms with van der Waals surface area (Å²) >= 11 is 0. The summed E-state index contributed by atoms with van der Waals surface area (Å²) in [6, 6.07) is 9.97. The Morgan fingerprint density at radius 1 is 1.03 bits per heavy atom. The van der Waals surface area contributed by atoms with E-state index in [1.807, 2.05) is 35.2 Å². The van der Waals surface area contributed by atoms with E-state index in [0.29, 0.717) is 5.92 Å². The molecule has 6 nitrogen and oxygen atoms in total. The molecule has 3 heterocycles. The van der Waals surface area contributed by atoms with Crippen LogP contribution in [0.5, 0.6) is 0 Å². The zero-order valence-electron chi connectivity index (χ0n) is 17.1. The molecule has 4 fully saturated rings. The van der Waals surface area contributed by atoms with Gasteiger partial charge in [0.25, 0.3) is 5.91 Å². The molecule has 0 aromatic heterocycles. The molecule has 29 heavy (non-hydrogen) atoms. The number of carbonyl (C=O) groups is 2. The van der Waals surface area contributed by atoms with Gasteiger partial charge in [-0.15, -0.1) is 0 Å². The second-order valence-electron chi connectivity index (χ2n) is 9.20. The second-order valence-corrected chi connectivity index (χ2v) is 9.20. The van der Waals surface area contributed by atoms with E-state index in [9.17, 15) is 9.59 Å². The Morgan fingerprint density at radius 3 is 2.38 bits per heavy atom. The first-order valence-electron chi connectivity index (χ1n) is 11.2. The van der Waals surface area contributed by atoms with E-state index in [2.05, 4.69) is 9.80 Å². The van der Waals surface area contributed by atoms with E-state index >= 15 is 0 Å². The number of likely N-dealkylation sites (tertiary alicyclic amines) is 1. The fourth-order valence-electron chi connectivity index (χ4n) is 5.39. The highest BCUT2D eigenvalue weighted by Gasteiger charge is 2.53. The van der Waals surface area contributed by atoms with Crippen LogP contribution in [0.2, 0.25) is 0 Å². The molecule has 3 saturated heterocycles. The van der Waals surface area contributed by atoms with Crippen molar-refractivity contribution in [3.05, 3.63) is 35.9 Å². The van der Waals surface area contributed by atoms with Gasteiger partial charge in [0, 0.05) is 51.0 Å². The summed E-state index contributed by atoms with van der Waals surface area (Å²) in [7, 11) is 0. The quantitative estimate of drug-likeness (QED) is 0.785. The molecular weight excluding hydrogens is 366 g/mol. The van der Waals surface area contributed by atoms with Gasteiger partial charge in [-0.05, 0) is 56.6 Å². The van der Waals surface area contributed by atoms with Gasteiger partial charge in [0.05, 0.1) is 5.54 Å². The second kappa shape index (κ2) is 7.63. The molecule has 156 valence electrons. The fourth-order valence-corrected chi connectivity index (χ4v) is 5.39. The number of urea groups is 1. The summed E-state index contributed by atoms with van der Waals surface area (Å²) in [5, 5.41) is 0. The molecule has 1 aliphatic carbocycles. The monoisotopic (exact) mass is 397 g/mol. The molecule has 6 heteroatoms. The van der Waals surface area contributed by atoms with Gasteiger partial charge in [0.1, 0.15) is 0 Å². The van der Waals surface area contributed by atoms with Gasteiger partial charge in [-0.3, -0.25) is 4.79 Å². The Bertz CT molecular complexity index is 750. The number of rotatable bonds is 4. The SMILES string of the molecule is O=C(c1ccccc1)N1CCC(N2C(=O)N(CC3CC3)CC23CCOCC3)CC1. The molecule has 1 aromatic rings. The van der Waals surface area contributed by atoms with Gasteiger partial charge in [0.2, 0.25) is 0 Å². The molecule has 1 spiro atoms. The molecule has 0 bridgehead atoms. The van der Waals surface area contributed by atoms with Gasteiger partial charge >= 0.3 is 6.03 Å². The predicted octanol–water partition coefficient (Wildman–Crippen LogP) is 2.99. The smallest absolute Gasteiger partial charge is 0.320 e. The molecule has 0 N–H and O–H groups in total. The largest absolute Gasteiger partial charge is 0.381 e. The highest BCUT2D eigenvalue weighted by molar-refractivity contribution is 5.94. The third-order valence-electron chi connectivity index (χ3n) is 7.21. The normalized spacial score (nSPS) is 25.1. The van der Waals surface area contributed by atoms with Crippen LogP contribution in [-0.2, 0) is 4.74 Å². The van der Waals surface area contributed by atoms with Crippen LogP contribution < -0.4 is 0 Å². The molecule has 4 aliphatic rings. The maximum Gasteiger partial charge on any atom is 0.320 e. The van der Waals surface area contributed by atoms with Gasteiger partial charge in [0.15, 0.2) is 0 Å². The lowest BCUT2D eigenvalue weighted by molar-refractivity contribution is -0.0153. The Morgan fingerprint density at radius 2 is 1.72 bits per heavy atom. The van der Waals surface area contributed by atoms with E-state index in [-0.39, 0.29) is 23.5 Å². The Kier molecular flexibility index (Phi) is 4.98. The van der Waals surface area contributed by atoms with Crippen LogP contribution in [0.3, 0.4) is 0 Å². The number of ether oxygens (including phenoxy) is 1. The molecule has 0 unspecified atom stereocenters. The van der Waals surface area contributed by atoms with Crippen LogP contribution in [0.4, 0.5) is 4.79 Å². The number of nitrogens with zero attached hydrogens (tertiary/aromatic N) is 3. The first-order chi connectivity index (χ1) is 14.2. The van der Waals surface area contributed by atoms with Gasteiger partial charge in [-0.2, -0.15) is 0 Å². The molecular formula is C23H31N3O3. The summed E-state index contributed by atoms with van der Waals surface area (Å²) in [5.74, 6) is 0.814. The summed E-state index contributed by atoms with van der Waals surface area (Å²) in [6.07, 6.45) is 6.13. The predicted molar refractivity (Wildman–Crippen MR) is 110 cm³/mol. The molecule has 5 rings (SSSR count). The van der Waals surface area contributed by atoms with E-state index < -0.39 is 0 Å². The molecule has 1 saturated carbocycles. The maximum absolute atomic E-state index is 13.4. The highest BCUT2D eigenvalue weighted by atomic mass is 16.5. The summed E-state index contributed by atoms with van der Waals surface area (Å²) < 4.78 is 5.64. The zero-order chi connectivity index (χ0) is 19.8. The summed E-state index contributed by atoms with van der Waals surface area (Å²) in [6.45, 7) is 4.70. The molecule has 3 aliphatic heterocycles. The molecule has 0 atom stereocenters. The average Bonchev–Trinajstić information content (AvgIpc) is 3.54. The topological polar surface area (TPSA) is 53.1 Å². The van der Waals surface area contributed by atoms with E-state index in [1.165, 1.54) is 12.8 Å². The van der Waals surface area contributed by atoms with E-state index in [4.69, 9.17) is 4.74 Å². The van der Waals surface area contributed by atoms with Gasteiger partial charge in [-0.25, -0.2) is 4.79 Å². The van der Waals surface area contributed by atoms with Crippen LogP contribution in [0.25, 0.3) is 0 Å². The number of hydrogen-bond acceptors (Lipinski definition) is 3. The van der Waals surface area contributed by atoms with Crippen LogP contribution >= 0.6 is 0 Å². The van der Waals surface area contributed by atoms with Crippen molar-refractivity contribution in [2.75, 3.05) is 39.4 Å². The highest BCUT2D eigenvalue weighted by Crippen LogP contribution is 2.41. The molecule has 0 radical (unpaired) electrons. The van der Waals surface area contributed by atoms with Crippen LogP contribution in [0, 0.1) is 5.92 Å². The van der Waals surface area contributed by atoms with Gasteiger partial charge in [-0.1, -0.05) is 18.2 Å². The Hall–Kier alpha value is -2.08. The van der Waals surface area contributed by atoms with Crippen molar-refractivity contribution < 1.29 is 14.3 Å². The van der Waals surface area contributed by atoms with Crippen molar-refractivity contribution >= 4 is 11.9 Å². The number of carbonyl (C=O) groups excluding carboxylic acids is 2. The number of amides is 3. The average molecular weight is 398 g/mol.